The molecule has 0 unspecified atom stereocenters. The molecule has 1 N–H and O–H groups in total. The van der Waals surface area contributed by atoms with E-state index in [2.05, 4.69) is 5.32 Å². The Kier molecular flexibility index (Phi) is 5.85. The van der Waals surface area contributed by atoms with E-state index >= 15 is 0 Å². The van der Waals surface area contributed by atoms with Crippen molar-refractivity contribution in [2.24, 2.45) is 0 Å². The number of rotatable bonds is 5. The number of hydrogen-bond acceptors (Lipinski definition) is 4. The number of hydrogen-bond donors (Lipinski definition) is 1. The molecule has 0 aliphatic carbocycles. The van der Waals surface area contributed by atoms with Crippen LogP contribution in [0.3, 0.4) is 0 Å². The number of carbonyl (C=O) groups excluding carboxylic acids is 3. The first kappa shape index (κ1) is 21.1. The summed E-state index contributed by atoms with van der Waals surface area (Å²) in [5.41, 5.74) is 3.85. The van der Waals surface area contributed by atoms with Gasteiger partial charge in [-0.1, -0.05) is 60.2 Å². The number of urea groups is 1. The van der Waals surface area contributed by atoms with Gasteiger partial charge in [0.2, 0.25) is 0 Å². The van der Waals surface area contributed by atoms with Crippen molar-refractivity contribution >= 4 is 29.6 Å². The highest BCUT2D eigenvalue weighted by atomic mass is 16.5. The molecule has 1 fully saturated rings. The summed E-state index contributed by atoms with van der Waals surface area (Å²) in [4.78, 5) is 39.0. The van der Waals surface area contributed by atoms with Gasteiger partial charge in [-0.25, -0.2) is 9.69 Å². The maximum atomic E-state index is 13.1. The second-order valence-electron chi connectivity index (χ2n) is 7.61. The minimum Gasteiger partial charge on any atom is -0.488 e. The van der Waals surface area contributed by atoms with Crippen LogP contribution in [-0.2, 0) is 16.2 Å². The highest BCUT2D eigenvalue weighted by molar-refractivity contribution is 6.39. The van der Waals surface area contributed by atoms with Gasteiger partial charge in [-0.05, 0) is 49.2 Å². The first-order valence-electron chi connectivity index (χ1n) is 10.2. The summed E-state index contributed by atoms with van der Waals surface area (Å²) in [5.74, 6) is -0.892. The summed E-state index contributed by atoms with van der Waals surface area (Å²) >= 11 is 0. The lowest BCUT2D eigenvalue weighted by Crippen LogP contribution is -2.54. The highest BCUT2D eigenvalue weighted by Gasteiger charge is 2.37. The van der Waals surface area contributed by atoms with Gasteiger partial charge in [0.15, 0.2) is 0 Å². The zero-order valence-corrected chi connectivity index (χ0v) is 17.8. The Labute approximate surface area is 186 Å². The molecule has 160 valence electrons. The fraction of sp³-hybridized carbons (Fsp3) is 0.115. The third-order valence-electron chi connectivity index (χ3n) is 5.06. The van der Waals surface area contributed by atoms with Crippen LogP contribution in [-0.4, -0.2) is 17.8 Å². The number of barbiturate groups is 1. The molecule has 1 aliphatic rings. The second-order valence-corrected chi connectivity index (χ2v) is 7.61. The number of imide groups is 2. The standard InChI is InChI=1S/C26H22N2O4/c1-17-7-5-9-19(13-17)16-32-23-12-4-3-10-20(23)15-22-24(29)27-26(31)28(25(22)30)21-11-6-8-18(2)14-21/h3-15H,16H2,1-2H3,(H,27,29,31)/b22-15+. The first-order chi connectivity index (χ1) is 15.4. The van der Waals surface area contributed by atoms with Gasteiger partial charge >= 0.3 is 6.03 Å². The van der Waals surface area contributed by atoms with Crippen LogP contribution in [0.1, 0.15) is 22.3 Å². The van der Waals surface area contributed by atoms with Gasteiger partial charge in [-0.2, -0.15) is 0 Å². The lowest BCUT2D eigenvalue weighted by atomic mass is 10.1. The summed E-state index contributed by atoms with van der Waals surface area (Å²) < 4.78 is 5.97. The number of amides is 4. The Morgan fingerprint density at radius 2 is 1.59 bits per heavy atom. The van der Waals surface area contributed by atoms with Crippen LogP contribution in [0.15, 0.2) is 78.4 Å². The maximum absolute atomic E-state index is 13.1. The van der Waals surface area contributed by atoms with Crippen molar-refractivity contribution in [2.75, 3.05) is 4.90 Å². The van der Waals surface area contributed by atoms with Crippen LogP contribution in [0.25, 0.3) is 6.08 Å². The van der Waals surface area contributed by atoms with Crippen molar-refractivity contribution in [1.29, 1.82) is 0 Å². The molecule has 6 nitrogen and oxygen atoms in total. The molecule has 0 saturated carbocycles. The molecule has 1 saturated heterocycles. The molecule has 0 radical (unpaired) electrons. The van der Waals surface area contributed by atoms with Crippen LogP contribution in [0.5, 0.6) is 5.75 Å². The molecule has 4 rings (SSSR count). The number of aryl methyl sites for hydroxylation is 2. The van der Waals surface area contributed by atoms with E-state index in [-0.39, 0.29) is 5.57 Å². The normalized spacial score (nSPS) is 15.1. The number of nitrogens with one attached hydrogen (secondary N) is 1. The van der Waals surface area contributed by atoms with Crippen molar-refractivity contribution < 1.29 is 19.1 Å². The van der Waals surface area contributed by atoms with Crippen LogP contribution in [0.4, 0.5) is 10.5 Å². The van der Waals surface area contributed by atoms with E-state index in [4.69, 9.17) is 4.74 Å². The number of ether oxygens (including phenoxy) is 1. The third-order valence-corrected chi connectivity index (χ3v) is 5.06. The topological polar surface area (TPSA) is 75.7 Å². The van der Waals surface area contributed by atoms with Crippen molar-refractivity contribution in [1.82, 2.24) is 5.32 Å². The predicted molar refractivity (Wildman–Crippen MR) is 122 cm³/mol. The summed E-state index contributed by atoms with van der Waals surface area (Å²) in [6.45, 7) is 4.21. The molecule has 3 aromatic carbocycles. The molecule has 6 heteroatoms. The average molecular weight is 426 g/mol. The van der Waals surface area contributed by atoms with E-state index in [1.165, 1.54) is 6.08 Å². The number of anilines is 1. The Hall–Kier alpha value is -4.19. The van der Waals surface area contributed by atoms with E-state index in [1.807, 2.05) is 50.2 Å². The predicted octanol–water partition coefficient (Wildman–Crippen LogP) is 4.55. The zero-order chi connectivity index (χ0) is 22.7. The van der Waals surface area contributed by atoms with Crippen LogP contribution in [0.2, 0.25) is 0 Å². The van der Waals surface area contributed by atoms with E-state index < -0.39 is 17.8 Å². The SMILES string of the molecule is Cc1cccc(COc2ccccc2/C=C2\C(=O)NC(=O)N(c3cccc(C)c3)C2=O)c1. The van der Waals surface area contributed by atoms with Crippen molar-refractivity contribution in [2.45, 2.75) is 20.5 Å². The van der Waals surface area contributed by atoms with Gasteiger partial charge in [0.05, 0.1) is 5.69 Å². The number of para-hydroxylation sites is 1. The average Bonchev–Trinajstić information content (AvgIpc) is 2.76. The lowest BCUT2D eigenvalue weighted by Gasteiger charge is -2.26. The molecule has 4 amide bonds. The summed E-state index contributed by atoms with van der Waals surface area (Å²) in [6.07, 6.45) is 1.46. The highest BCUT2D eigenvalue weighted by Crippen LogP contribution is 2.26. The molecular weight excluding hydrogens is 404 g/mol. The van der Waals surface area contributed by atoms with Gasteiger partial charge in [0.25, 0.3) is 11.8 Å². The molecule has 0 atom stereocenters. The van der Waals surface area contributed by atoms with Crippen molar-refractivity contribution in [3.8, 4) is 5.75 Å². The lowest BCUT2D eigenvalue weighted by molar-refractivity contribution is -0.122. The monoisotopic (exact) mass is 426 g/mol. The van der Waals surface area contributed by atoms with E-state index in [0.29, 0.717) is 23.6 Å². The number of nitrogens with zero attached hydrogens (tertiary/aromatic N) is 1. The molecule has 0 spiro atoms. The molecule has 0 aromatic heterocycles. The summed E-state index contributed by atoms with van der Waals surface area (Å²) in [6, 6.07) is 21.3. The van der Waals surface area contributed by atoms with E-state index in [9.17, 15) is 14.4 Å². The van der Waals surface area contributed by atoms with Crippen LogP contribution < -0.4 is 15.0 Å². The fourth-order valence-corrected chi connectivity index (χ4v) is 3.51. The fourth-order valence-electron chi connectivity index (χ4n) is 3.51. The van der Waals surface area contributed by atoms with Gasteiger partial charge in [0.1, 0.15) is 17.9 Å². The summed E-state index contributed by atoms with van der Waals surface area (Å²) in [7, 11) is 0. The Bertz CT molecular complexity index is 1250. The van der Waals surface area contributed by atoms with Gasteiger partial charge in [0, 0.05) is 5.56 Å². The van der Waals surface area contributed by atoms with Crippen LogP contribution in [0, 0.1) is 13.8 Å². The zero-order valence-electron chi connectivity index (χ0n) is 17.8. The first-order valence-corrected chi connectivity index (χ1v) is 10.2. The van der Waals surface area contributed by atoms with E-state index in [1.54, 1.807) is 36.4 Å². The molecule has 1 heterocycles. The Balaban J connectivity index is 1.64. The molecule has 3 aromatic rings. The van der Waals surface area contributed by atoms with Crippen molar-refractivity contribution in [3.63, 3.8) is 0 Å². The third kappa shape index (κ3) is 4.44. The minimum absolute atomic E-state index is 0.141. The quantitative estimate of drug-likeness (QED) is 0.480. The Morgan fingerprint density at radius 3 is 2.34 bits per heavy atom. The smallest absolute Gasteiger partial charge is 0.335 e. The maximum Gasteiger partial charge on any atom is 0.335 e. The second kappa shape index (κ2) is 8.89. The largest absolute Gasteiger partial charge is 0.488 e. The van der Waals surface area contributed by atoms with Gasteiger partial charge in [-0.15, -0.1) is 0 Å². The molecule has 1 aliphatic heterocycles. The summed E-state index contributed by atoms with van der Waals surface area (Å²) in [5, 5.41) is 2.25. The molecule has 32 heavy (non-hydrogen) atoms. The van der Waals surface area contributed by atoms with E-state index in [0.717, 1.165) is 21.6 Å². The number of benzene rings is 3. The minimum atomic E-state index is -0.772. The van der Waals surface area contributed by atoms with Crippen LogP contribution >= 0.6 is 0 Å². The van der Waals surface area contributed by atoms with Crippen molar-refractivity contribution in [3.05, 3.63) is 101 Å². The Morgan fingerprint density at radius 1 is 0.875 bits per heavy atom. The van der Waals surface area contributed by atoms with Gasteiger partial charge in [-0.3, -0.25) is 14.9 Å². The van der Waals surface area contributed by atoms with Gasteiger partial charge < -0.3 is 4.74 Å². The number of carbonyl (C=O) groups is 3. The molecular formula is C26H22N2O4. The molecule has 0 bridgehead atoms.